The third-order valence-electron chi connectivity index (χ3n) is 5.11. The molecule has 4 rings (SSSR count). The molecule has 2 heterocycles. The number of carbonyl (C=O) groups excluding carboxylic acids is 1. The molecule has 0 spiro atoms. The molecule has 8 heteroatoms. The van der Waals surface area contributed by atoms with Crippen LogP contribution in [0.4, 0.5) is 5.95 Å². The molecule has 150 valence electrons. The summed E-state index contributed by atoms with van der Waals surface area (Å²) in [6.45, 7) is -0.0375. The van der Waals surface area contributed by atoms with Crippen LogP contribution < -0.4 is 9.64 Å². The maximum absolute atomic E-state index is 12.9. The second-order valence-corrected chi connectivity index (χ2v) is 7.23. The first-order valence-corrected chi connectivity index (χ1v) is 9.60. The standard InChI is InChI=1S/C21H21ClN4O3/c1-28-12-20(27)25-18(14-3-7-16(22)8-4-14)11-19(26-21(25)23-13-24-26)15-5-9-17(29-2)10-6-15/h3-10,13,18-19H,11-12H2,1-2H3/t18-,19+/m1/s1. The van der Waals surface area contributed by atoms with Crippen molar-refractivity contribution in [1.29, 1.82) is 0 Å². The van der Waals surface area contributed by atoms with Crippen molar-refractivity contribution < 1.29 is 14.3 Å². The van der Waals surface area contributed by atoms with Gasteiger partial charge in [-0.05, 0) is 41.8 Å². The van der Waals surface area contributed by atoms with Crippen LogP contribution in [0.15, 0.2) is 54.9 Å². The minimum atomic E-state index is -0.223. The number of ether oxygens (including phenoxy) is 2. The summed E-state index contributed by atoms with van der Waals surface area (Å²) in [5.74, 6) is 1.11. The maximum Gasteiger partial charge on any atom is 0.255 e. The molecule has 29 heavy (non-hydrogen) atoms. The van der Waals surface area contributed by atoms with Crippen molar-refractivity contribution in [1.82, 2.24) is 14.8 Å². The number of anilines is 1. The van der Waals surface area contributed by atoms with Gasteiger partial charge in [0, 0.05) is 12.1 Å². The van der Waals surface area contributed by atoms with E-state index < -0.39 is 0 Å². The van der Waals surface area contributed by atoms with Crippen LogP contribution in [0.25, 0.3) is 0 Å². The molecular formula is C21H21ClN4O3. The van der Waals surface area contributed by atoms with Crippen LogP contribution in [0.1, 0.15) is 29.6 Å². The summed E-state index contributed by atoms with van der Waals surface area (Å²) in [5, 5.41) is 5.06. The van der Waals surface area contributed by atoms with Crippen LogP contribution in [-0.4, -0.2) is 41.5 Å². The Morgan fingerprint density at radius 3 is 2.38 bits per heavy atom. The van der Waals surface area contributed by atoms with Crippen molar-refractivity contribution in [2.24, 2.45) is 0 Å². The molecule has 2 atom stereocenters. The highest BCUT2D eigenvalue weighted by molar-refractivity contribution is 6.30. The first kappa shape index (κ1) is 19.4. The van der Waals surface area contributed by atoms with Crippen molar-refractivity contribution >= 4 is 23.5 Å². The van der Waals surface area contributed by atoms with Gasteiger partial charge in [0.15, 0.2) is 0 Å². The number of nitrogens with zero attached hydrogens (tertiary/aromatic N) is 4. The fourth-order valence-corrected chi connectivity index (χ4v) is 3.87. The Hall–Kier alpha value is -2.90. The molecule has 1 aromatic heterocycles. The van der Waals surface area contributed by atoms with E-state index in [4.69, 9.17) is 21.1 Å². The molecule has 0 bridgehead atoms. The Bertz CT molecular complexity index is 988. The number of amides is 1. The molecular weight excluding hydrogens is 392 g/mol. The van der Waals surface area contributed by atoms with Gasteiger partial charge in [-0.3, -0.25) is 9.69 Å². The third kappa shape index (κ3) is 3.71. The average molecular weight is 413 g/mol. The van der Waals surface area contributed by atoms with Crippen LogP contribution in [0.5, 0.6) is 5.75 Å². The molecule has 1 amide bonds. The fraction of sp³-hybridized carbons (Fsp3) is 0.286. The van der Waals surface area contributed by atoms with Crippen LogP contribution in [0.2, 0.25) is 5.02 Å². The number of hydrogen-bond acceptors (Lipinski definition) is 5. The van der Waals surface area contributed by atoms with Gasteiger partial charge in [-0.15, -0.1) is 0 Å². The van der Waals surface area contributed by atoms with Crippen molar-refractivity contribution in [3.05, 3.63) is 71.0 Å². The molecule has 1 aliphatic heterocycles. The summed E-state index contributed by atoms with van der Waals surface area (Å²) in [6.07, 6.45) is 2.11. The summed E-state index contributed by atoms with van der Waals surface area (Å²) >= 11 is 6.08. The smallest absolute Gasteiger partial charge is 0.255 e. The molecule has 3 aromatic rings. The van der Waals surface area contributed by atoms with Gasteiger partial charge in [0.25, 0.3) is 5.91 Å². The number of methoxy groups -OCH3 is 2. The largest absolute Gasteiger partial charge is 0.497 e. The number of carbonyl (C=O) groups is 1. The minimum Gasteiger partial charge on any atom is -0.497 e. The highest BCUT2D eigenvalue weighted by Crippen LogP contribution is 2.42. The van der Waals surface area contributed by atoms with Crippen LogP contribution in [0.3, 0.4) is 0 Å². The first-order chi connectivity index (χ1) is 14.1. The highest BCUT2D eigenvalue weighted by atomic mass is 35.5. The summed E-state index contributed by atoms with van der Waals surface area (Å²) in [4.78, 5) is 19.0. The maximum atomic E-state index is 12.9. The van der Waals surface area contributed by atoms with Gasteiger partial charge in [0.2, 0.25) is 5.95 Å². The van der Waals surface area contributed by atoms with E-state index in [0.717, 1.165) is 16.9 Å². The Labute approximate surface area is 173 Å². The van der Waals surface area contributed by atoms with Crippen LogP contribution in [-0.2, 0) is 9.53 Å². The highest BCUT2D eigenvalue weighted by Gasteiger charge is 2.39. The summed E-state index contributed by atoms with van der Waals surface area (Å²) in [5.41, 5.74) is 2.04. The molecule has 1 aliphatic rings. The SMILES string of the molecule is COCC(=O)N1c2ncnn2[C@H](c2ccc(OC)cc2)C[C@@H]1c1ccc(Cl)cc1. The minimum absolute atomic E-state index is 0.0375. The molecule has 0 saturated carbocycles. The van der Waals surface area contributed by atoms with E-state index in [1.807, 2.05) is 48.5 Å². The monoisotopic (exact) mass is 412 g/mol. The summed E-state index contributed by atoms with van der Waals surface area (Å²) in [6, 6.07) is 15.1. The van der Waals surface area contributed by atoms with Crippen molar-refractivity contribution in [2.45, 2.75) is 18.5 Å². The van der Waals surface area contributed by atoms with Crippen LogP contribution in [0, 0.1) is 0 Å². The second-order valence-electron chi connectivity index (χ2n) is 6.79. The number of rotatable bonds is 5. The molecule has 7 nitrogen and oxygen atoms in total. The van der Waals surface area contributed by atoms with Crippen molar-refractivity contribution in [2.75, 3.05) is 25.7 Å². The zero-order chi connectivity index (χ0) is 20.4. The van der Waals surface area contributed by atoms with E-state index in [0.29, 0.717) is 17.4 Å². The van der Waals surface area contributed by atoms with E-state index in [2.05, 4.69) is 10.1 Å². The molecule has 0 radical (unpaired) electrons. The Kier molecular flexibility index (Phi) is 5.51. The molecule has 0 fully saturated rings. The lowest BCUT2D eigenvalue weighted by molar-refractivity contribution is -0.123. The van der Waals surface area contributed by atoms with Crippen molar-refractivity contribution in [3.8, 4) is 5.75 Å². The third-order valence-corrected chi connectivity index (χ3v) is 5.37. The predicted molar refractivity (Wildman–Crippen MR) is 109 cm³/mol. The number of hydrogen-bond donors (Lipinski definition) is 0. The van der Waals surface area contributed by atoms with E-state index in [1.165, 1.54) is 13.4 Å². The van der Waals surface area contributed by atoms with E-state index in [1.54, 1.807) is 16.7 Å². The zero-order valence-electron chi connectivity index (χ0n) is 16.2. The van der Waals surface area contributed by atoms with Gasteiger partial charge in [0.1, 0.15) is 18.7 Å². The van der Waals surface area contributed by atoms with Gasteiger partial charge in [-0.25, -0.2) is 4.68 Å². The zero-order valence-corrected chi connectivity index (χ0v) is 16.9. The van der Waals surface area contributed by atoms with Gasteiger partial charge in [-0.1, -0.05) is 35.9 Å². The Morgan fingerprint density at radius 2 is 1.72 bits per heavy atom. The van der Waals surface area contributed by atoms with Gasteiger partial charge < -0.3 is 9.47 Å². The summed E-state index contributed by atoms with van der Waals surface area (Å²) < 4.78 is 12.2. The second kappa shape index (κ2) is 8.23. The fourth-order valence-electron chi connectivity index (χ4n) is 3.74. The average Bonchev–Trinajstić information content (AvgIpc) is 3.23. The first-order valence-electron chi connectivity index (χ1n) is 9.22. The quantitative estimate of drug-likeness (QED) is 0.639. The lowest BCUT2D eigenvalue weighted by Crippen LogP contribution is -2.44. The van der Waals surface area contributed by atoms with E-state index in [-0.39, 0.29) is 24.6 Å². The molecule has 0 aliphatic carbocycles. The molecule has 0 N–H and O–H groups in total. The van der Waals surface area contributed by atoms with Gasteiger partial charge in [-0.2, -0.15) is 10.1 Å². The topological polar surface area (TPSA) is 69.5 Å². The number of halogens is 1. The predicted octanol–water partition coefficient (Wildman–Crippen LogP) is 3.65. The van der Waals surface area contributed by atoms with Gasteiger partial charge in [0.05, 0.1) is 19.2 Å². The van der Waals surface area contributed by atoms with E-state index in [9.17, 15) is 4.79 Å². The van der Waals surface area contributed by atoms with E-state index >= 15 is 0 Å². The molecule has 0 unspecified atom stereocenters. The normalized spacial score (nSPS) is 18.4. The Morgan fingerprint density at radius 1 is 1.07 bits per heavy atom. The summed E-state index contributed by atoms with van der Waals surface area (Å²) in [7, 11) is 3.14. The van der Waals surface area contributed by atoms with Crippen molar-refractivity contribution in [3.63, 3.8) is 0 Å². The lowest BCUT2D eigenvalue weighted by Gasteiger charge is -2.39. The lowest BCUT2D eigenvalue weighted by atomic mass is 9.92. The molecule has 2 aromatic carbocycles. The number of benzene rings is 2. The number of aromatic nitrogens is 3. The number of fused-ring (bicyclic) bond motifs is 1. The van der Waals surface area contributed by atoms with Crippen LogP contribution >= 0.6 is 11.6 Å². The molecule has 0 saturated heterocycles. The Balaban J connectivity index is 1.79. The van der Waals surface area contributed by atoms with Gasteiger partial charge >= 0.3 is 0 Å².